The maximum atomic E-state index is 12.3. The molecule has 0 aliphatic heterocycles. The smallest absolute Gasteiger partial charge is 0.338 e. The van der Waals surface area contributed by atoms with Gasteiger partial charge >= 0.3 is 5.97 Å². The fraction of sp³-hybridized carbons (Fsp3) is 0.125. The lowest BCUT2D eigenvalue weighted by molar-refractivity contribution is -0.119. The number of hydrogen-bond acceptors (Lipinski definition) is 6. The average Bonchev–Trinajstić information content (AvgIpc) is 3.19. The Morgan fingerprint density at radius 1 is 1.03 bits per heavy atom. The van der Waals surface area contributed by atoms with E-state index in [1.54, 1.807) is 24.3 Å². The first-order valence-corrected chi connectivity index (χ1v) is 12.3. The average molecular weight is 590 g/mol. The van der Waals surface area contributed by atoms with Crippen molar-refractivity contribution in [1.29, 1.82) is 0 Å². The van der Waals surface area contributed by atoms with Crippen LogP contribution in [0, 0.1) is 6.92 Å². The van der Waals surface area contributed by atoms with Gasteiger partial charge in [-0.3, -0.25) is 10.1 Å². The quantitative estimate of drug-likeness (QED) is 0.249. The molecular weight excluding hydrogens is 572 g/mol. The summed E-state index contributed by atoms with van der Waals surface area (Å²) in [6.07, 6.45) is 0. The van der Waals surface area contributed by atoms with Crippen LogP contribution in [0.3, 0.4) is 0 Å². The van der Waals surface area contributed by atoms with Crippen LogP contribution >= 0.6 is 43.2 Å². The number of benzene rings is 3. The van der Waals surface area contributed by atoms with Crippen LogP contribution in [-0.4, -0.2) is 23.5 Å². The van der Waals surface area contributed by atoms with Gasteiger partial charge in [0.2, 0.25) is 0 Å². The van der Waals surface area contributed by atoms with Crippen LogP contribution in [0.1, 0.15) is 21.5 Å². The highest BCUT2D eigenvalue weighted by atomic mass is 79.9. The maximum absolute atomic E-state index is 12.3. The molecule has 3 aromatic carbocycles. The van der Waals surface area contributed by atoms with Crippen LogP contribution in [0.4, 0.5) is 5.13 Å². The number of thiazole rings is 1. The Bertz CT molecular complexity index is 1270. The van der Waals surface area contributed by atoms with Crippen molar-refractivity contribution in [2.24, 2.45) is 0 Å². The van der Waals surface area contributed by atoms with Gasteiger partial charge in [-0.05, 0) is 86.3 Å². The van der Waals surface area contributed by atoms with Crippen molar-refractivity contribution >= 4 is 70.4 Å². The van der Waals surface area contributed by atoms with Gasteiger partial charge in [-0.1, -0.05) is 35.6 Å². The van der Waals surface area contributed by atoms with E-state index in [1.165, 1.54) is 11.3 Å². The van der Waals surface area contributed by atoms with Crippen LogP contribution in [-0.2, 0) is 16.1 Å². The highest BCUT2D eigenvalue weighted by Crippen LogP contribution is 2.35. The summed E-state index contributed by atoms with van der Waals surface area (Å²) in [5.74, 6) is -0.309. The van der Waals surface area contributed by atoms with Crippen molar-refractivity contribution in [2.45, 2.75) is 13.5 Å². The zero-order chi connectivity index (χ0) is 23.4. The number of carbonyl (C=O) groups is 2. The fourth-order valence-corrected chi connectivity index (χ4v) is 5.54. The van der Waals surface area contributed by atoms with Crippen LogP contribution < -0.4 is 10.1 Å². The topological polar surface area (TPSA) is 77.5 Å². The van der Waals surface area contributed by atoms with Crippen LogP contribution in [0.25, 0.3) is 10.2 Å². The maximum Gasteiger partial charge on any atom is 0.338 e. The highest BCUT2D eigenvalue weighted by molar-refractivity contribution is 9.11. The van der Waals surface area contributed by atoms with E-state index in [4.69, 9.17) is 9.47 Å². The Morgan fingerprint density at radius 2 is 1.73 bits per heavy atom. The van der Waals surface area contributed by atoms with Crippen molar-refractivity contribution in [2.75, 3.05) is 11.9 Å². The molecule has 1 N–H and O–H groups in total. The Balaban J connectivity index is 1.28. The van der Waals surface area contributed by atoms with Gasteiger partial charge < -0.3 is 9.47 Å². The standard InChI is InChI=1S/C24H18Br2N2O4S/c1-14-10-17(25)22(18(26)11-14)31-12-15-6-8-16(9-7-15)23(30)32-13-21(29)28-24-27-19-4-2-3-5-20(19)33-24/h2-11H,12-13H2,1H3,(H,27,28,29). The zero-order valence-electron chi connectivity index (χ0n) is 17.4. The minimum absolute atomic E-state index is 0.333. The molecule has 0 saturated carbocycles. The summed E-state index contributed by atoms with van der Waals surface area (Å²) in [4.78, 5) is 28.8. The SMILES string of the molecule is Cc1cc(Br)c(OCc2ccc(C(=O)OCC(=O)Nc3nc4ccccc4s3)cc2)c(Br)c1. The number of para-hydroxylation sites is 1. The summed E-state index contributed by atoms with van der Waals surface area (Å²) >= 11 is 8.38. The Hall–Kier alpha value is -2.75. The number of hydrogen-bond donors (Lipinski definition) is 1. The third kappa shape index (κ3) is 5.98. The van der Waals surface area contributed by atoms with E-state index in [9.17, 15) is 9.59 Å². The van der Waals surface area contributed by atoms with E-state index >= 15 is 0 Å². The van der Waals surface area contributed by atoms with E-state index < -0.39 is 18.5 Å². The second-order valence-corrected chi connectivity index (χ2v) is 9.89. The predicted octanol–water partition coefficient (Wildman–Crippen LogP) is 6.50. The number of aryl methyl sites for hydroxylation is 1. The fourth-order valence-electron chi connectivity index (χ4n) is 3.01. The molecule has 0 aliphatic rings. The van der Waals surface area contributed by atoms with Crippen molar-refractivity contribution in [3.63, 3.8) is 0 Å². The predicted molar refractivity (Wildman–Crippen MR) is 136 cm³/mol. The zero-order valence-corrected chi connectivity index (χ0v) is 21.4. The number of aromatic nitrogens is 1. The van der Waals surface area contributed by atoms with Crippen LogP contribution in [0.5, 0.6) is 5.75 Å². The van der Waals surface area contributed by atoms with E-state index in [0.29, 0.717) is 23.1 Å². The van der Waals surface area contributed by atoms with Crippen molar-refractivity contribution in [3.8, 4) is 5.75 Å². The summed E-state index contributed by atoms with van der Waals surface area (Å²) in [6, 6.07) is 18.4. The minimum Gasteiger partial charge on any atom is -0.487 e. The summed E-state index contributed by atoms with van der Waals surface area (Å²) < 4.78 is 13.7. The lowest BCUT2D eigenvalue weighted by Crippen LogP contribution is -2.20. The molecule has 33 heavy (non-hydrogen) atoms. The normalized spacial score (nSPS) is 10.8. The lowest BCUT2D eigenvalue weighted by Gasteiger charge is -2.11. The molecular formula is C24H18Br2N2O4S. The second-order valence-electron chi connectivity index (χ2n) is 7.15. The van der Waals surface area contributed by atoms with Gasteiger partial charge in [0, 0.05) is 0 Å². The van der Waals surface area contributed by atoms with Gasteiger partial charge in [0.25, 0.3) is 5.91 Å². The summed E-state index contributed by atoms with van der Waals surface area (Å²) in [7, 11) is 0. The second kappa shape index (κ2) is 10.5. The number of ether oxygens (including phenoxy) is 2. The minimum atomic E-state index is -0.578. The molecule has 9 heteroatoms. The molecule has 0 unspecified atom stereocenters. The van der Waals surface area contributed by atoms with Gasteiger partial charge in [-0.15, -0.1) is 0 Å². The highest BCUT2D eigenvalue weighted by Gasteiger charge is 2.13. The largest absolute Gasteiger partial charge is 0.487 e. The Labute approximate surface area is 211 Å². The van der Waals surface area contributed by atoms with Gasteiger partial charge in [0.05, 0.1) is 24.7 Å². The Kier molecular flexibility index (Phi) is 7.42. The van der Waals surface area contributed by atoms with Crippen molar-refractivity contribution < 1.29 is 19.1 Å². The van der Waals surface area contributed by atoms with Gasteiger partial charge in [-0.25, -0.2) is 9.78 Å². The Morgan fingerprint density at radius 3 is 2.42 bits per heavy atom. The van der Waals surface area contributed by atoms with Gasteiger partial charge in [-0.2, -0.15) is 0 Å². The summed E-state index contributed by atoms with van der Waals surface area (Å²) in [5, 5.41) is 3.13. The van der Waals surface area contributed by atoms with E-state index in [0.717, 1.165) is 30.3 Å². The van der Waals surface area contributed by atoms with Crippen molar-refractivity contribution in [1.82, 2.24) is 4.98 Å². The van der Waals surface area contributed by atoms with Crippen LogP contribution in [0.2, 0.25) is 0 Å². The number of fused-ring (bicyclic) bond motifs is 1. The molecule has 0 saturated heterocycles. The van der Waals surface area contributed by atoms with Gasteiger partial charge in [0.15, 0.2) is 11.7 Å². The lowest BCUT2D eigenvalue weighted by atomic mass is 10.1. The third-order valence-corrected chi connectivity index (χ3v) is 6.72. The molecule has 0 bridgehead atoms. The third-order valence-electron chi connectivity index (χ3n) is 4.59. The molecule has 0 spiro atoms. The first kappa shape index (κ1) is 23.4. The molecule has 1 aromatic heterocycles. The number of nitrogens with zero attached hydrogens (tertiary/aromatic N) is 1. The van der Waals surface area contributed by atoms with Gasteiger partial charge in [0.1, 0.15) is 12.4 Å². The summed E-state index contributed by atoms with van der Waals surface area (Å²) in [5.41, 5.74) is 3.16. The number of esters is 1. The number of amides is 1. The molecule has 4 aromatic rings. The number of rotatable bonds is 7. The number of nitrogens with one attached hydrogen (secondary N) is 1. The molecule has 1 amide bonds. The molecule has 0 aliphatic carbocycles. The molecule has 0 radical (unpaired) electrons. The molecule has 168 valence electrons. The first-order chi connectivity index (χ1) is 15.9. The number of anilines is 1. The molecule has 0 atom stereocenters. The molecule has 1 heterocycles. The number of halogens is 2. The van der Waals surface area contributed by atoms with E-state index in [1.807, 2.05) is 43.3 Å². The van der Waals surface area contributed by atoms with E-state index in [2.05, 4.69) is 42.2 Å². The molecule has 0 fully saturated rings. The summed E-state index contributed by atoms with van der Waals surface area (Å²) in [6.45, 7) is 1.94. The monoisotopic (exact) mass is 588 g/mol. The molecule has 4 rings (SSSR count). The number of carbonyl (C=O) groups excluding carboxylic acids is 2. The molecule has 6 nitrogen and oxygen atoms in total. The van der Waals surface area contributed by atoms with Crippen LogP contribution in [0.15, 0.2) is 69.6 Å². The van der Waals surface area contributed by atoms with Crippen molar-refractivity contribution in [3.05, 3.63) is 86.3 Å². The van der Waals surface area contributed by atoms with E-state index in [-0.39, 0.29) is 0 Å². The first-order valence-electron chi connectivity index (χ1n) is 9.89.